The van der Waals surface area contributed by atoms with Crippen LogP contribution in [0.4, 0.5) is 23.7 Å². The number of carbonyl (C=O) groups is 1. The Labute approximate surface area is 141 Å². The molecule has 11 heteroatoms. The van der Waals surface area contributed by atoms with Gasteiger partial charge in [-0.2, -0.15) is 5.10 Å². The van der Waals surface area contributed by atoms with Crippen molar-refractivity contribution in [2.75, 3.05) is 5.32 Å². The fraction of sp³-hybridized carbons (Fsp3) is 0.357. The maximum Gasteiger partial charge on any atom is 0.573 e. The molecule has 0 heterocycles. The van der Waals surface area contributed by atoms with Crippen molar-refractivity contribution in [2.24, 2.45) is 21.7 Å². The van der Waals surface area contributed by atoms with Crippen LogP contribution >= 0.6 is 0 Å². The highest BCUT2D eigenvalue weighted by molar-refractivity contribution is 5.95. The molecule has 0 bridgehead atoms. The minimum Gasteiger partial charge on any atom is -0.444 e. The van der Waals surface area contributed by atoms with Crippen LogP contribution in [0.1, 0.15) is 26.3 Å². The molecule has 0 saturated carbocycles. The fourth-order valence-electron chi connectivity index (χ4n) is 1.53. The lowest BCUT2D eigenvalue weighted by molar-refractivity contribution is -0.274. The maximum atomic E-state index is 12.3. The molecular formula is C14H18F3N5O3. The van der Waals surface area contributed by atoms with E-state index in [2.05, 4.69) is 20.3 Å². The number of alkyl halides is 3. The normalized spacial score (nSPS) is 11.9. The lowest BCUT2D eigenvalue weighted by atomic mass is 10.2. The number of nitrogens with two attached hydrogens (primary N) is 2. The smallest absolute Gasteiger partial charge is 0.444 e. The van der Waals surface area contributed by atoms with Gasteiger partial charge in [-0.05, 0) is 39.0 Å². The number of guanidine groups is 1. The molecule has 1 aromatic carbocycles. The standard InChI is InChI=1S/C14H18F3N5O3/c1-13(2,3)25-12(23)21-10-5-4-9(24-14(15,16)17)6-8(10)7-20-22-11(18)19/h4-7H,1-3H3,(H,21,23)(H4,18,19,22). The zero-order valence-electron chi connectivity index (χ0n) is 13.7. The highest BCUT2D eigenvalue weighted by Gasteiger charge is 2.31. The Morgan fingerprint density at radius 1 is 1.24 bits per heavy atom. The van der Waals surface area contributed by atoms with Crippen molar-refractivity contribution in [3.8, 4) is 5.75 Å². The van der Waals surface area contributed by atoms with E-state index >= 15 is 0 Å². The van der Waals surface area contributed by atoms with E-state index in [0.717, 1.165) is 18.3 Å². The third kappa shape index (κ3) is 8.44. The average molecular weight is 361 g/mol. The number of amides is 1. The quantitative estimate of drug-likeness (QED) is 0.432. The van der Waals surface area contributed by atoms with Gasteiger partial charge in [-0.15, -0.1) is 18.3 Å². The van der Waals surface area contributed by atoms with Gasteiger partial charge in [-0.25, -0.2) is 4.79 Å². The van der Waals surface area contributed by atoms with Gasteiger partial charge in [0.15, 0.2) is 0 Å². The van der Waals surface area contributed by atoms with E-state index in [1.165, 1.54) is 6.07 Å². The number of hydrogen-bond donors (Lipinski definition) is 3. The number of nitrogens with one attached hydrogen (secondary N) is 1. The molecule has 25 heavy (non-hydrogen) atoms. The summed E-state index contributed by atoms with van der Waals surface area (Å²) in [4.78, 5) is 11.8. The third-order valence-electron chi connectivity index (χ3n) is 2.26. The maximum absolute atomic E-state index is 12.3. The first-order chi connectivity index (χ1) is 11.4. The second-order valence-electron chi connectivity index (χ2n) is 5.69. The van der Waals surface area contributed by atoms with Crippen LogP contribution in [0.5, 0.6) is 5.75 Å². The third-order valence-corrected chi connectivity index (χ3v) is 2.26. The van der Waals surface area contributed by atoms with E-state index in [9.17, 15) is 18.0 Å². The Morgan fingerprint density at radius 3 is 2.40 bits per heavy atom. The molecule has 5 N–H and O–H groups in total. The van der Waals surface area contributed by atoms with Crippen molar-refractivity contribution in [3.05, 3.63) is 23.8 Å². The summed E-state index contributed by atoms with van der Waals surface area (Å²) in [7, 11) is 0. The van der Waals surface area contributed by atoms with Gasteiger partial charge in [-0.3, -0.25) is 5.32 Å². The van der Waals surface area contributed by atoms with Crippen molar-refractivity contribution in [1.29, 1.82) is 0 Å². The molecule has 0 atom stereocenters. The van der Waals surface area contributed by atoms with Crippen LogP contribution < -0.4 is 21.5 Å². The van der Waals surface area contributed by atoms with Gasteiger partial charge in [0.1, 0.15) is 11.4 Å². The Hall–Kier alpha value is -2.98. The van der Waals surface area contributed by atoms with Crippen molar-refractivity contribution in [3.63, 3.8) is 0 Å². The molecule has 0 fully saturated rings. The molecule has 138 valence electrons. The highest BCUT2D eigenvalue weighted by Crippen LogP contribution is 2.27. The second-order valence-corrected chi connectivity index (χ2v) is 5.69. The van der Waals surface area contributed by atoms with Crippen LogP contribution in [0.2, 0.25) is 0 Å². The molecular weight excluding hydrogens is 343 g/mol. The van der Waals surface area contributed by atoms with Gasteiger partial charge in [-0.1, -0.05) is 0 Å². The number of halogens is 3. The lowest BCUT2D eigenvalue weighted by Gasteiger charge is -2.20. The van der Waals surface area contributed by atoms with E-state index in [1.54, 1.807) is 20.8 Å². The van der Waals surface area contributed by atoms with Gasteiger partial charge in [0.05, 0.1) is 11.9 Å². The van der Waals surface area contributed by atoms with Gasteiger partial charge in [0, 0.05) is 5.56 Å². The summed E-state index contributed by atoms with van der Waals surface area (Å²) in [6, 6.07) is 3.23. The van der Waals surface area contributed by atoms with Crippen LogP contribution in [-0.4, -0.2) is 30.2 Å². The molecule has 0 aromatic heterocycles. The average Bonchev–Trinajstić information content (AvgIpc) is 2.37. The summed E-state index contributed by atoms with van der Waals surface area (Å²) in [5.74, 6) is -0.853. The van der Waals surface area contributed by atoms with Crippen molar-refractivity contribution < 1.29 is 27.4 Å². The molecule has 0 aliphatic heterocycles. The number of rotatable bonds is 4. The van der Waals surface area contributed by atoms with Gasteiger partial charge in [0.2, 0.25) is 5.96 Å². The van der Waals surface area contributed by atoms with E-state index in [-0.39, 0.29) is 17.2 Å². The van der Waals surface area contributed by atoms with Gasteiger partial charge >= 0.3 is 12.5 Å². The van der Waals surface area contributed by atoms with E-state index in [4.69, 9.17) is 16.2 Å². The topological polar surface area (TPSA) is 124 Å². The summed E-state index contributed by atoms with van der Waals surface area (Å²) in [6.45, 7) is 4.98. The Bertz CT molecular complexity index is 677. The molecule has 0 aliphatic rings. The minimum atomic E-state index is -4.87. The number of nitrogens with zero attached hydrogens (tertiary/aromatic N) is 2. The van der Waals surface area contributed by atoms with Crippen LogP contribution in [0.15, 0.2) is 28.4 Å². The summed E-state index contributed by atoms with van der Waals surface area (Å²) < 4.78 is 45.9. The van der Waals surface area contributed by atoms with Crippen LogP contribution in [0.25, 0.3) is 0 Å². The number of ether oxygens (including phenoxy) is 2. The van der Waals surface area contributed by atoms with Gasteiger partial charge < -0.3 is 20.9 Å². The molecule has 1 aromatic rings. The molecule has 0 radical (unpaired) electrons. The second kappa shape index (κ2) is 7.73. The summed E-state index contributed by atoms with van der Waals surface area (Å²) >= 11 is 0. The molecule has 0 aliphatic carbocycles. The first kappa shape index (κ1) is 20.1. The predicted octanol–water partition coefficient (Wildman–Crippen LogP) is 2.54. The Balaban J connectivity index is 3.11. The highest BCUT2D eigenvalue weighted by atomic mass is 19.4. The summed E-state index contributed by atoms with van der Waals surface area (Å²) in [5, 5.41) is 9.24. The SMILES string of the molecule is CC(C)(C)OC(=O)Nc1ccc(OC(F)(F)F)cc1C=NN=C(N)N. The van der Waals surface area contributed by atoms with Crippen molar-refractivity contribution in [1.82, 2.24) is 0 Å². The number of benzene rings is 1. The van der Waals surface area contributed by atoms with Crippen LogP contribution in [0, 0.1) is 0 Å². The lowest BCUT2D eigenvalue weighted by Crippen LogP contribution is -2.27. The van der Waals surface area contributed by atoms with Crippen LogP contribution in [-0.2, 0) is 4.74 Å². The largest absolute Gasteiger partial charge is 0.573 e. The number of anilines is 1. The first-order valence-electron chi connectivity index (χ1n) is 6.87. The summed E-state index contributed by atoms with van der Waals surface area (Å²) in [6.07, 6.45) is -4.61. The monoisotopic (exact) mass is 361 g/mol. The van der Waals surface area contributed by atoms with Crippen LogP contribution in [0.3, 0.4) is 0 Å². The van der Waals surface area contributed by atoms with E-state index in [0.29, 0.717) is 0 Å². The number of carbonyl (C=O) groups excluding carboxylic acids is 1. The van der Waals surface area contributed by atoms with E-state index in [1.807, 2.05) is 0 Å². The molecule has 1 rings (SSSR count). The molecule has 0 unspecified atom stereocenters. The first-order valence-corrected chi connectivity index (χ1v) is 6.87. The predicted molar refractivity (Wildman–Crippen MR) is 86.4 cm³/mol. The summed E-state index contributed by atoms with van der Waals surface area (Å²) in [5.41, 5.74) is 9.65. The molecule has 0 saturated heterocycles. The Morgan fingerprint density at radius 2 is 1.88 bits per heavy atom. The molecule has 1 amide bonds. The zero-order valence-corrected chi connectivity index (χ0v) is 13.7. The van der Waals surface area contributed by atoms with Gasteiger partial charge in [0.25, 0.3) is 0 Å². The zero-order chi connectivity index (χ0) is 19.3. The minimum absolute atomic E-state index is 0.0672. The molecule has 0 spiro atoms. The van der Waals surface area contributed by atoms with E-state index < -0.39 is 23.8 Å². The van der Waals surface area contributed by atoms with Crippen molar-refractivity contribution in [2.45, 2.75) is 32.7 Å². The molecule has 8 nitrogen and oxygen atoms in total. The fourth-order valence-corrected chi connectivity index (χ4v) is 1.53. The Kier molecular flexibility index (Phi) is 6.20. The number of hydrogen-bond acceptors (Lipinski definition) is 5. The van der Waals surface area contributed by atoms with Crippen molar-refractivity contribution >= 4 is 24.0 Å².